The van der Waals surface area contributed by atoms with E-state index in [9.17, 15) is 0 Å². The third kappa shape index (κ3) is 6.11. The van der Waals surface area contributed by atoms with Gasteiger partial charge in [-0.05, 0) is 50.3 Å². The lowest BCUT2D eigenvalue weighted by molar-refractivity contribution is 0.300. The normalized spacial score (nSPS) is 12.7. The number of hydrogen-bond donors (Lipinski definition) is 1. The Kier molecular flexibility index (Phi) is 7.57. The van der Waals surface area contributed by atoms with Gasteiger partial charge in [-0.3, -0.25) is 0 Å². The molecule has 0 aliphatic carbocycles. The summed E-state index contributed by atoms with van der Waals surface area (Å²) in [6.45, 7) is 10.8. The lowest BCUT2D eigenvalue weighted by atomic mass is 10.0. The maximum atomic E-state index is 5.90. The van der Waals surface area contributed by atoms with Gasteiger partial charge in [0, 0.05) is 6.04 Å². The van der Waals surface area contributed by atoms with E-state index in [0.717, 1.165) is 25.3 Å². The van der Waals surface area contributed by atoms with E-state index in [1.807, 2.05) is 6.07 Å². The van der Waals surface area contributed by atoms with E-state index < -0.39 is 0 Å². The van der Waals surface area contributed by atoms with Gasteiger partial charge in [0.25, 0.3) is 0 Å². The quantitative estimate of drug-likeness (QED) is 0.668. The first-order chi connectivity index (χ1) is 9.15. The number of ether oxygens (including phenoxy) is 1. The Morgan fingerprint density at radius 1 is 1.11 bits per heavy atom. The number of para-hydroxylation sites is 1. The van der Waals surface area contributed by atoms with Crippen LogP contribution >= 0.6 is 0 Å². The van der Waals surface area contributed by atoms with Crippen LogP contribution in [0.5, 0.6) is 5.75 Å². The van der Waals surface area contributed by atoms with Gasteiger partial charge in [-0.25, -0.2) is 0 Å². The molecule has 0 unspecified atom stereocenters. The van der Waals surface area contributed by atoms with Gasteiger partial charge in [-0.2, -0.15) is 0 Å². The molecule has 0 aliphatic heterocycles. The highest BCUT2D eigenvalue weighted by Gasteiger charge is 2.06. The summed E-state index contributed by atoms with van der Waals surface area (Å²) in [4.78, 5) is 0. The van der Waals surface area contributed by atoms with Crippen molar-refractivity contribution >= 4 is 0 Å². The van der Waals surface area contributed by atoms with Crippen LogP contribution in [0.2, 0.25) is 0 Å². The van der Waals surface area contributed by atoms with Crippen molar-refractivity contribution in [3.8, 4) is 5.75 Å². The highest BCUT2D eigenvalue weighted by atomic mass is 16.5. The van der Waals surface area contributed by atoms with Gasteiger partial charge < -0.3 is 10.1 Å². The number of nitrogens with one attached hydrogen (secondary N) is 1. The first kappa shape index (κ1) is 16.0. The third-order valence-electron chi connectivity index (χ3n) is 3.47. The molecule has 0 radical (unpaired) electrons. The molecule has 1 rings (SSSR count). The molecule has 0 aliphatic rings. The molecule has 1 aromatic carbocycles. The molecule has 0 saturated carbocycles. The molecule has 2 nitrogen and oxygen atoms in total. The third-order valence-corrected chi connectivity index (χ3v) is 3.47. The Balaban J connectivity index is 2.23. The molecule has 0 saturated heterocycles. The number of hydrogen-bond acceptors (Lipinski definition) is 2. The summed E-state index contributed by atoms with van der Waals surface area (Å²) in [6.07, 6.45) is 3.47. The SMILES string of the molecule is CC[C@@H](C)NCCCCOc1ccccc1C(C)C. The second-order valence-electron chi connectivity index (χ2n) is 5.51. The van der Waals surface area contributed by atoms with Crippen LogP contribution in [-0.4, -0.2) is 19.2 Å². The van der Waals surface area contributed by atoms with Crippen LogP contribution in [0.4, 0.5) is 0 Å². The fraction of sp³-hybridized carbons (Fsp3) is 0.647. The Morgan fingerprint density at radius 2 is 1.84 bits per heavy atom. The van der Waals surface area contributed by atoms with Crippen molar-refractivity contribution in [2.75, 3.05) is 13.2 Å². The maximum Gasteiger partial charge on any atom is 0.122 e. The standard InChI is InChI=1S/C17H29NO/c1-5-15(4)18-12-8-9-13-19-17-11-7-6-10-16(17)14(2)3/h6-7,10-11,14-15,18H,5,8-9,12-13H2,1-4H3/t15-/m1/s1. The van der Waals surface area contributed by atoms with Crippen molar-refractivity contribution in [3.05, 3.63) is 29.8 Å². The zero-order valence-corrected chi connectivity index (χ0v) is 12.9. The number of benzene rings is 1. The average molecular weight is 263 g/mol. The Bertz CT molecular complexity index is 349. The fourth-order valence-electron chi connectivity index (χ4n) is 1.99. The predicted molar refractivity (Wildman–Crippen MR) is 83.0 cm³/mol. The van der Waals surface area contributed by atoms with Crippen molar-refractivity contribution in [3.63, 3.8) is 0 Å². The fourth-order valence-corrected chi connectivity index (χ4v) is 1.99. The predicted octanol–water partition coefficient (Wildman–Crippen LogP) is 4.36. The monoisotopic (exact) mass is 263 g/mol. The van der Waals surface area contributed by atoms with Crippen molar-refractivity contribution in [2.24, 2.45) is 0 Å². The van der Waals surface area contributed by atoms with Gasteiger partial charge in [0.2, 0.25) is 0 Å². The summed E-state index contributed by atoms with van der Waals surface area (Å²) >= 11 is 0. The molecule has 0 spiro atoms. The van der Waals surface area contributed by atoms with Gasteiger partial charge in [0.05, 0.1) is 6.61 Å². The van der Waals surface area contributed by atoms with Crippen LogP contribution in [0.15, 0.2) is 24.3 Å². The smallest absolute Gasteiger partial charge is 0.122 e. The lowest BCUT2D eigenvalue weighted by Gasteiger charge is -2.14. The zero-order chi connectivity index (χ0) is 14.1. The van der Waals surface area contributed by atoms with Crippen molar-refractivity contribution < 1.29 is 4.74 Å². The summed E-state index contributed by atoms with van der Waals surface area (Å²) < 4.78 is 5.90. The minimum absolute atomic E-state index is 0.517. The van der Waals surface area contributed by atoms with E-state index in [2.05, 4.69) is 51.2 Å². The highest BCUT2D eigenvalue weighted by molar-refractivity contribution is 5.35. The minimum Gasteiger partial charge on any atom is -0.493 e. The second-order valence-corrected chi connectivity index (χ2v) is 5.51. The first-order valence-corrected chi connectivity index (χ1v) is 7.60. The summed E-state index contributed by atoms with van der Waals surface area (Å²) in [5.74, 6) is 1.57. The van der Waals surface area contributed by atoms with Crippen molar-refractivity contribution in [1.29, 1.82) is 0 Å². The molecule has 1 aromatic rings. The van der Waals surface area contributed by atoms with Gasteiger partial charge in [-0.15, -0.1) is 0 Å². The summed E-state index contributed by atoms with van der Waals surface area (Å²) in [5, 5.41) is 3.51. The minimum atomic E-state index is 0.517. The zero-order valence-electron chi connectivity index (χ0n) is 12.9. The molecule has 0 aromatic heterocycles. The topological polar surface area (TPSA) is 21.3 Å². The van der Waals surface area contributed by atoms with Gasteiger partial charge >= 0.3 is 0 Å². The van der Waals surface area contributed by atoms with Crippen LogP contribution < -0.4 is 10.1 Å². The van der Waals surface area contributed by atoms with E-state index in [-0.39, 0.29) is 0 Å². The van der Waals surface area contributed by atoms with Crippen molar-refractivity contribution in [1.82, 2.24) is 5.32 Å². The van der Waals surface area contributed by atoms with E-state index in [4.69, 9.17) is 4.74 Å². The molecule has 1 N–H and O–H groups in total. The van der Waals surface area contributed by atoms with Crippen LogP contribution in [0, 0.1) is 0 Å². The molecule has 0 bridgehead atoms. The first-order valence-electron chi connectivity index (χ1n) is 7.60. The summed E-state index contributed by atoms with van der Waals surface area (Å²) in [6, 6.07) is 8.99. The Labute approximate surface area is 118 Å². The van der Waals surface area contributed by atoms with E-state index in [1.165, 1.54) is 18.4 Å². The Morgan fingerprint density at radius 3 is 2.53 bits per heavy atom. The van der Waals surface area contributed by atoms with Crippen LogP contribution in [-0.2, 0) is 0 Å². The van der Waals surface area contributed by atoms with E-state index >= 15 is 0 Å². The molecule has 0 heterocycles. The van der Waals surface area contributed by atoms with E-state index in [1.54, 1.807) is 0 Å². The summed E-state index contributed by atoms with van der Waals surface area (Å²) in [7, 11) is 0. The number of rotatable bonds is 9. The molecule has 19 heavy (non-hydrogen) atoms. The van der Waals surface area contributed by atoms with Crippen LogP contribution in [0.3, 0.4) is 0 Å². The molecule has 0 fully saturated rings. The molecule has 2 heteroatoms. The number of unbranched alkanes of at least 4 members (excludes halogenated alkanes) is 1. The molecular weight excluding hydrogens is 234 g/mol. The van der Waals surface area contributed by atoms with Gasteiger partial charge in [0.15, 0.2) is 0 Å². The molecule has 0 amide bonds. The van der Waals surface area contributed by atoms with Gasteiger partial charge in [0.1, 0.15) is 5.75 Å². The molecule has 108 valence electrons. The largest absolute Gasteiger partial charge is 0.493 e. The van der Waals surface area contributed by atoms with E-state index in [0.29, 0.717) is 12.0 Å². The summed E-state index contributed by atoms with van der Waals surface area (Å²) in [5.41, 5.74) is 1.31. The van der Waals surface area contributed by atoms with Crippen LogP contribution in [0.25, 0.3) is 0 Å². The lowest BCUT2D eigenvalue weighted by Crippen LogP contribution is -2.26. The molecule has 1 atom stereocenters. The highest BCUT2D eigenvalue weighted by Crippen LogP contribution is 2.25. The second kappa shape index (κ2) is 8.98. The Hall–Kier alpha value is -1.02. The van der Waals surface area contributed by atoms with Crippen LogP contribution in [0.1, 0.15) is 58.4 Å². The van der Waals surface area contributed by atoms with Gasteiger partial charge in [-0.1, -0.05) is 39.0 Å². The average Bonchev–Trinajstić information content (AvgIpc) is 2.42. The van der Waals surface area contributed by atoms with Crippen molar-refractivity contribution in [2.45, 2.75) is 58.9 Å². The maximum absolute atomic E-state index is 5.90. The molecular formula is C17H29NO.